The molecular formula is C12H18BrNS2. The molecule has 1 aliphatic rings. The zero-order valence-electron chi connectivity index (χ0n) is 9.75. The van der Waals surface area contributed by atoms with Crippen molar-refractivity contribution in [1.82, 2.24) is 5.32 Å². The zero-order chi connectivity index (χ0) is 11.6. The van der Waals surface area contributed by atoms with E-state index in [2.05, 4.69) is 59.0 Å². The lowest BCUT2D eigenvalue weighted by Gasteiger charge is -2.38. The van der Waals surface area contributed by atoms with Gasteiger partial charge in [-0.3, -0.25) is 0 Å². The Morgan fingerprint density at radius 3 is 2.94 bits per heavy atom. The van der Waals surface area contributed by atoms with Crippen LogP contribution in [0.15, 0.2) is 15.9 Å². The van der Waals surface area contributed by atoms with Crippen molar-refractivity contribution in [2.75, 3.05) is 11.5 Å². The van der Waals surface area contributed by atoms with E-state index in [0.29, 0.717) is 11.5 Å². The first kappa shape index (κ1) is 12.9. The Kier molecular flexibility index (Phi) is 4.38. The summed E-state index contributed by atoms with van der Waals surface area (Å²) in [6.07, 6.45) is 1.32. The van der Waals surface area contributed by atoms with Crippen LogP contribution in [0.3, 0.4) is 0 Å². The summed E-state index contributed by atoms with van der Waals surface area (Å²) >= 11 is 7.41. The first-order valence-corrected chi connectivity index (χ1v) is 8.40. The third-order valence-electron chi connectivity index (χ3n) is 3.27. The molecule has 90 valence electrons. The molecule has 1 aliphatic heterocycles. The van der Waals surface area contributed by atoms with Gasteiger partial charge in [0.1, 0.15) is 0 Å². The predicted molar refractivity (Wildman–Crippen MR) is 78.4 cm³/mol. The van der Waals surface area contributed by atoms with Crippen molar-refractivity contribution in [2.45, 2.75) is 32.9 Å². The van der Waals surface area contributed by atoms with Gasteiger partial charge < -0.3 is 5.32 Å². The lowest BCUT2D eigenvalue weighted by molar-refractivity contribution is 0.245. The van der Waals surface area contributed by atoms with E-state index in [-0.39, 0.29) is 0 Å². The highest BCUT2D eigenvalue weighted by Gasteiger charge is 2.31. The first-order valence-electron chi connectivity index (χ1n) is 5.63. The molecule has 0 bridgehead atoms. The van der Waals surface area contributed by atoms with Crippen LogP contribution in [-0.4, -0.2) is 17.5 Å². The molecule has 4 heteroatoms. The molecule has 1 atom stereocenters. The van der Waals surface area contributed by atoms with Crippen LogP contribution in [0.5, 0.6) is 0 Å². The van der Waals surface area contributed by atoms with Gasteiger partial charge in [-0.2, -0.15) is 11.8 Å². The largest absolute Gasteiger partial charge is 0.308 e. The maximum absolute atomic E-state index is 3.71. The van der Waals surface area contributed by atoms with E-state index < -0.39 is 0 Å². The second-order valence-corrected chi connectivity index (χ2v) is 8.65. The van der Waals surface area contributed by atoms with Gasteiger partial charge in [-0.05, 0) is 45.7 Å². The maximum Gasteiger partial charge on any atom is 0.0701 e. The number of hydrogen-bond acceptors (Lipinski definition) is 3. The Morgan fingerprint density at radius 2 is 2.31 bits per heavy atom. The molecule has 2 heterocycles. The first-order chi connectivity index (χ1) is 7.58. The van der Waals surface area contributed by atoms with E-state index in [4.69, 9.17) is 0 Å². The van der Waals surface area contributed by atoms with Crippen molar-refractivity contribution < 1.29 is 0 Å². The molecule has 0 saturated carbocycles. The molecular weight excluding hydrogens is 302 g/mol. The van der Waals surface area contributed by atoms with Gasteiger partial charge in [0.2, 0.25) is 0 Å². The number of halogens is 1. The Morgan fingerprint density at radius 1 is 1.50 bits per heavy atom. The Hall–Kier alpha value is 0.490. The van der Waals surface area contributed by atoms with Crippen LogP contribution in [0.2, 0.25) is 0 Å². The van der Waals surface area contributed by atoms with Crippen LogP contribution in [0.4, 0.5) is 0 Å². The molecule has 1 aromatic rings. The lowest BCUT2D eigenvalue weighted by Crippen LogP contribution is -2.46. The molecule has 0 radical (unpaired) electrons. The number of nitrogens with one attached hydrogen (secondary N) is 1. The van der Waals surface area contributed by atoms with Crippen molar-refractivity contribution in [1.29, 1.82) is 0 Å². The van der Waals surface area contributed by atoms with Crippen LogP contribution in [0.25, 0.3) is 0 Å². The lowest BCUT2D eigenvalue weighted by atomic mass is 9.82. The standard InChI is InChI=1S/C12H18BrNS2/c1-12(2)5-6-15-8-10(12)14-7-9-3-4-11(13)16-9/h3-4,10,14H,5-8H2,1-2H3. The topological polar surface area (TPSA) is 12.0 Å². The quantitative estimate of drug-likeness (QED) is 0.899. The summed E-state index contributed by atoms with van der Waals surface area (Å²) in [5.74, 6) is 2.56. The Labute approximate surface area is 115 Å². The summed E-state index contributed by atoms with van der Waals surface area (Å²) in [6, 6.07) is 4.97. The molecule has 1 N–H and O–H groups in total. The second kappa shape index (κ2) is 5.42. The third kappa shape index (κ3) is 3.25. The summed E-state index contributed by atoms with van der Waals surface area (Å²) < 4.78 is 1.22. The fourth-order valence-corrected chi connectivity index (χ4v) is 5.02. The van der Waals surface area contributed by atoms with Gasteiger partial charge in [0.15, 0.2) is 0 Å². The van der Waals surface area contributed by atoms with Crippen LogP contribution in [-0.2, 0) is 6.54 Å². The van der Waals surface area contributed by atoms with Crippen molar-refractivity contribution in [2.24, 2.45) is 5.41 Å². The fourth-order valence-electron chi connectivity index (χ4n) is 1.94. The van der Waals surface area contributed by atoms with E-state index in [1.165, 1.54) is 26.6 Å². The molecule has 0 aromatic carbocycles. The number of thioether (sulfide) groups is 1. The smallest absolute Gasteiger partial charge is 0.0701 e. The minimum atomic E-state index is 0.444. The molecule has 0 amide bonds. The van der Waals surface area contributed by atoms with Crippen LogP contribution in [0.1, 0.15) is 25.1 Å². The molecule has 1 fully saturated rings. The summed E-state index contributed by atoms with van der Waals surface area (Å²) in [5.41, 5.74) is 0.444. The van der Waals surface area contributed by atoms with E-state index in [1.54, 1.807) is 0 Å². The van der Waals surface area contributed by atoms with Gasteiger partial charge >= 0.3 is 0 Å². The summed E-state index contributed by atoms with van der Waals surface area (Å²) in [5, 5.41) is 3.71. The van der Waals surface area contributed by atoms with Gasteiger partial charge in [-0.15, -0.1) is 11.3 Å². The molecule has 16 heavy (non-hydrogen) atoms. The molecule has 1 saturated heterocycles. The SMILES string of the molecule is CC1(C)CCSCC1NCc1ccc(Br)s1. The van der Waals surface area contributed by atoms with E-state index in [0.717, 1.165) is 6.54 Å². The van der Waals surface area contributed by atoms with E-state index >= 15 is 0 Å². The monoisotopic (exact) mass is 319 g/mol. The normalized spacial score (nSPS) is 24.6. The average molecular weight is 320 g/mol. The molecule has 1 aromatic heterocycles. The van der Waals surface area contributed by atoms with Crippen molar-refractivity contribution >= 4 is 39.0 Å². The second-order valence-electron chi connectivity index (χ2n) is 4.95. The number of hydrogen-bond donors (Lipinski definition) is 1. The predicted octanol–water partition coefficient (Wildman–Crippen LogP) is 4.13. The van der Waals surface area contributed by atoms with Gasteiger partial charge in [0, 0.05) is 23.2 Å². The van der Waals surface area contributed by atoms with Gasteiger partial charge in [0.25, 0.3) is 0 Å². The Bertz CT molecular complexity index is 349. The third-order valence-corrected chi connectivity index (χ3v) is 5.96. The van der Waals surface area contributed by atoms with Crippen LogP contribution in [0, 0.1) is 5.41 Å². The highest BCUT2D eigenvalue weighted by molar-refractivity contribution is 9.11. The minimum absolute atomic E-state index is 0.444. The Balaban J connectivity index is 1.89. The van der Waals surface area contributed by atoms with Crippen molar-refractivity contribution in [3.63, 3.8) is 0 Å². The molecule has 0 spiro atoms. The number of rotatable bonds is 3. The van der Waals surface area contributed by atoms with Gasteiger partial charge in [-0.1, -0.05) is 13.8 Å². The van der Waals surface area contributed by atoms with Gasteiger partial charge in [-0.25, -0.2) is 0 Å². The highest BCUT2D eigenvalue weighted by atomic mass is 79.9. The van der Waals surface area contributed by atoms with E-state index in [1.807, 2.05) is 11.3 Å². The van der Waals surface area contributed by atoms with E-state index in [9.17, 15) is 0 Å². The highest BCUT2D eigenvalue weighted by Crippen LogP contribution is 2.34. The number of thiophene rings is 1. The molecule has 1 nitrogen and oxygen atoms in total. The molecule has 2 rings (SSSR count). The van der Waals surface area contributed by atoms with Crippen molar-refractivity contribution in [3.05, 3.63) is 20.8 Å². The van der Waals surface area contributed by atoms with Gasteiger partial charge in [0.05, 0.1) is 3.79 Å². The van der Waals surface area contributed by atoms with Crippen molar-refractivity contribution in [3.8, 4) is 0 Å². The summed E-state index contributed by atoms with van der Waals surface area (Å²) in [4.78, 5) is 1.42. The minimum Gasteiger partial charge on any atom is -0.308 e. The zero-order valence-corrected chi connectivity index (χ0v) is 13.0. The molecule has 0 aliphatic carbocycles. The van der Waals surface area contributed by atoms with Crippen LogP contribution < -0.4 is 5.32 Å². The molecule has 1 unspecified atom stereocenters. The summed E-state index contributed by atoms with van der Waals surface area (Å²) in [6.45, 7) is 5.77. The van der Waals surface area contributed by atoms with Crippen LogP contribution >= 0.6 is 39.0 Å². The maximum atomic E-state index is 3.71. The fraction of sp³-hybridized carbons (Fsp3) is 0.667. The average Bonchev–Trinajstić information content (AvgIpc) is 2.62. The summed E-state index contributed by atoms with van der Waals surface area (Å²) in [7, 11) is 0.